The van der Waals surface area contributed by atoms with Crippen LogP contribution in [-0.2, 0) is 6.54 Å². The van der Waals surface area contributed by atoms with E-state index in [1.54, 1.807) is 10.9 Å². The van der Waals surface area contributed by atoms with Crippen LogP contribution in [0.25, 0.3) is 5.82 Å². The van der Waals surface area contributed by atoms with Crippen LogP contribution in [0.2, 0.25) is 0 Å². The Morgan fingerprint density at radius 2 is 2.18 bits per heavy atom. The van der Waals surface area contributed by atoms with Gasteiger partial charge in [0.2, 0.25) is 0 Å². The molecule has 0 aliphatic carbocycles. The third-order valence-corrected chi connectivity index (χ3v) is 2.48. The maximum absolute atomic E-state index is 4.32. The molecule has 2 aromatic rings. The highest BCUT2D eigenvalue weighted by Gasteiger charge is 2.06. The number of nitrogens with one attached hydrogen (secondary N) is 1. The minimum Gasteiger partial charge on any atom is -0.313 e. The van der Waals surface area contributed by atoms with Gasteiger partial charge < -0.3 is 5.32 Å². The van der Waals surface area contributed by atoms with Gasteiger partial charge >= 0.3 is 0 Å². The van der Waals surface area contributed by atoms with Gasteiger partial charge in [-0.25, -0.2) is 9.97 Å². The number of hydrogen-bond acceptors (Lipinski definition) is 4. The highest BCUT2D eigenvalue weighted by molar-refractivity contribution is 5.27. The zero-order chi connectivity index (χ0) is 12.3. The van der Waals surface area contributed by atoms with Gasteiger partial charge in [0.15, 0.2) is 5.82 Å². The Balaban J connectivity index is 2.29. The van der Waals surface area contributed by atoms with Crippen molar-refractivity contribution >= 4 is 0 Å². The number of rotatable bonds is 4. The van der Waals surface area contributed by atoms with Crippen LogP contribution in [0.3, 0.4) is 0 Å². The van der Waals surface area contributed by atoms with Gasteiger partial charge in [-0.05, 0) is 38.1 Å². The Morgan fingerprint density at radius 3 is 2.82 bits per heavy atom. The first-order chi connectivity index (χ1) is 8.20. The first-order valence-corrected chi connectivity index (χ1v) is 5.77. The third-order valence-electron chi connectivity index (χ3n) is 2.48. The van der Waals surface area contributed by atoms with Gasteiger partial charge in [-0.3, -0.25) is 0 Å². The molecule has 0 aromatic carbocycles. The molecule has 2 rings (SSSR count). The molecule has 0 spiro atoms. The molecule has 0 aliphatic rings. The number of hydrogen-bond donors (Lipinski definition) is 1. The number of aryl methyl sites for hydroxylation is 2. The summed E-state index contributed by atoms with van der Waals surface area (Å²) in [4.78, 5) is 8.60. The molecule has 90 valence electrons. The summed E-state index contributed by atoms with van der Waals surface area (Å²) >= 11 is 0. The molecule has 0 fully saturated rings. The van der Waals surface area contributed by atoms with Gasteiger partial charge in [0, 0.05) is 12.7 Å². The fourth-order valence-electron chi connectivity index (χ4n) is 1.69. The van der Waals surface area contributed by atoms with E-state index >= 15 is 0 Å². The fourth-order valence-corrected chi connectivity index (χ4v) is 1.69. The van der Waals surface area contributed by atoms with E-state index < -0.39 is 0 Å². The van der Waals surface area contributed by atoms with Crippen molar-refractivity contribution in [3.63, 3.8) is 0 Å². The van der Waals surface area contributed by atoms with E-state index in [2.05, 4.69) is 27.3 Å². The van der Waals surface area contributed by atoms with Gasteiger partial charge in [-0.15, -0.1) is 5.10 Å². The van der Waals surface area contributed by atoms with Crippen LogP contribution in [0.15, 0.2) is 18.3 Å². The normalized spacial score (nSPS) is 10.8. The molecule has 0 unspecified atom stereocenters. The molecule has 0 saturated carbocycles. The second-order valence-corrected chi connectivity index (χ2v) is 3.92. The molecular weight excluding hydrogens is 214 g/mol. The summed E-state index contributed by atoms with van der Waals surface area (Å²) in [5.41, 5.74) is 1.20. The quantitative estimate of drug-likeness (QED) is 0.864. The maximum atomic E-state index is 4.32. The zero-order valence-corrected chi connectivity index (χ0v) is 10.4. The highest BCUT2D eigenvalue weighted by Crippen LogP contribution is 2.08. The predicted octanol–water partition coefficient (Wildman–Crippen LogP) is 1.39. The predicted molar refractivity (Wildman–Crippen MR) is 66.0 cm³/mol. The van der Waals surface area contributed by atoms with E-state index in [0.29, 0.717) is 0 Å². The summed E-state index contributed by atoms with van der Waals surface area (Å²) in [5, 5.41) is 7.61. The van der Waals surface area contributed by atoms with Crippen molar-refractivity contribution in [3.05, 3.63) is 35.5 Å². The zero-order valence-electron chi connectivity index (χ0n) is 10.4. The van der Waals surface area contributed by atoms with Crippen molar-refractivity contribution in [1.82, 2.24) is 25.1 Å². The lowest BCUT2D eigenvalue weighted by atomic mass is 10.2. The fraction of sp³-hybridized carbons (Fsp3) is 0.417. The smallest absolute Gasteiger partial charge is 0.155 e. The maximum Gasteiger partial charge on any atom is 0.155 e. The molecule has 17 heavy (non-hydrogen) atoms. The second kappa shape index (κ2) is 5.05. The molecule has 5 nitrogen and oxygen atoms in total. The number of pyridine rings is 1. The van der Waals surface area contributed by atoms with E-state index in [1.165, 1.54) is 5.56 Å². The van der Waals surface area contributed by atoms with E-state index in [4.69, 9.17) is 0 Å². The molecule has 2 heterocycles. The van der Waals surface area contributed by atoms with E-state index in [1.807, 2.05) is 26.0 Å². The average molecular weight is 231 g/mol. The van der Waals surface area contributed by atoms with E-state index in [0.717, 1.165) is 30.6 Å². The van der Waals surface area contributed by atoms with E-state index in [9.17, 15) is 0 Å². The molecule has 0 radical (unpaired) electrons. The lowest BCUT2D eigenvalue weighted by Gasteiger charge is -2.05. The van der Waals surface area contributed by atoms with Gasteiger partial charge in [0.1, 0.15) is 11.6 Å². The van der Waals surface area contributed by atoms with Crippen molar-refractivity contribution in [2.24, 2.45) is 0 Å². The topological polar surface area (TPSA) is 55.6 Å². The van der Waals surface area contributed by atoms with Gasteiger partial charge in [0.25, 0.3) is 0 Å². The molecule has 2 aromatic heterocycles. The lowest BCUT2D eigenvalue weighted by Crippen LogP contribution is -2.12. The van der Waals surface area contributed by atoms with Crippen molar-refractivity contribution in [1.29, 1.82) is 0 Å². The second-order valence-electron chi connectivity index (χ2n) is 3.92. The SMILES string of the molecule is CCNCc1ccnc(-n2nc(C)nc2C)c1. The van der Waals surface area contributed by atoms with Crippen molar-refractivity contribution in [2.75, 3.05) is 6.54 Å². The Labute approximate surface area is 101 Å². The lowest BCUT2D eigenvalue weighted by molar-refractivity contribution is 0.721. The molecule has 5 heteroatoms. The minimum atomic E-state index is 0.765. The molecule has 0 aliphatic heterocycles. The van der Waals surface area contributed by atoms with Gasteiger partial charge in [-0.2, -0.15) is 4.68 Å². The molecule has 1 N–H and O–H groups in total. The summed E-state index contributed by atoms with van der Waals surface area (Å²) in [6.07, 6.45) is 1.80. The average Bonchev–Trinajstić information content (AvgIpc) is 2.66. The van der Waals surface area contributed by atoms with Crippen LogP contribution in [-0.4, -0.2) is 26.3 Å². The highest BCUT2D eigenvalue weighted by atomic mass is 15.4. The van der Waals surface area contributed by atoms with Crippen molar-refractivity contribution in [3.8, 4) is 5.82 Å². The van der Waals surface area contributed by atoms with Gasteiger partial charge in [0.05, 0.1) is 0 Å². The Bertz CT molecular complexity index is 503. The molecule has 0 amide bonds. The summed E-state index contributed by atoms with van der Waals surface area (Å²) in [5.74, 6) is 2.44. The van der Waals surface area contributed by atoms with Crippen LogP contribution >= 0.6 is 0 Å². The Hall–Kier alpha value is -1.75. The van der Waals surface area contributed by atoms with E-state index in [-0.39, 0.29) is 0 Å². The van der Waals surface area contributed by atoms with Crippen LogP contribution < -0.4 is 5.32 Å². The van der Waals surface area contributed by atoms with Crippen molar-refractivity contribution < 1.29 is 0 Å². The first-order valence-electron chi connectivity index (χ1n) is 5.77. The monoisotopic (exact) mass is 231 g/mol. The minimum absolute atomic E-state index is 0.765. The molecule has 0 atom stereocenters. The molecule has 0 saturated heterocycles. The van der Waals surface area contributed by atoms with Crippen LogP contribution in [0, 0.1) is 13.8 Å². The summed E-state index contributed by atoms with van der Waals surface area (Å²) in [6, 6.07) is 4.04. The first kappa shape index (κ1) is 11.7. The molecule has 0 bridgehead atoms. The Kier molecular flexibility index (Phi) is 3.49. The summed E-state index contributed by atoms with van der Waals surface area (Å²) < 4.78 is 1.77. The molecular formula is C12H17N5. The van der Waals surface area contributed by atoms with Crippen LogP contribution in [0.4, 0.5) is 0 Å². The van der Waals surface area contributed by atoms with Gasteiger partial charge in [-0.1, -0.05) is 6.92 Å². The van der Waals surface area contributed by atoms with Crippen molar-refractivity contribution in [2.45, 2.75) is 27.3 Å². The largest absolute Gasteiger partial charge is 0.313 e. The summed E-state index contributed by atoms with van der Waals surface area (Å²) in [6.45, 7) is 7.70. The Morgan fingerprint density at radius 1 is 1.35 bits per heavy atom. The standard InChI is InChI=1S/C12H17N5/c1-4-13-8-11-5-6-14-12(7-11)17-10(3)15-9(2)16-17/h5-7,13H,4,8H2,1-3H3. The van der Waals surface area contributed by atoms with Crippen LogP contribution in [0.1, 0.15) is 24.1 Å². The summed E-state index contributed by atoms with van der Waals surface area (Å²) in [7, 11) is 0. The number of nitrogens with zero attached hydrogens (tertiary/aromatic N) is 4. The third kappa shape index (κ3) is 2.68. The van der Waals surface area contributed by atoms with Crippen LogP contribution in [0.5, 0.6) is 0 Å². The number of aromatic nitrogens is 4.